The van der Waals surface area contributed by atoms with Crippen LogP contribution in [0.2, 0.25) is 5.02 Å². The number of methoxy groups -OCH3 is 1. The SMILES string of the molecule is COc1cc(Cl)c(C)cc1N(CCC(=O)Nc1ccccc1)C(C)=O. The lowest BCUT2D eigenvalue weighted by atomic mass is 10.1. The molecule has 0 saturated heterocycles. The van der Waals surface area contributed by atoms with Crippen molar-refractivity contribution < 1.29 is 14.3 Å². The van der Waals surface area contributed by atoms with Crippen molar-refractivity contribution >= 4 is 34.8 Å². The number of ether oxygens (including phenoxy) is 1. The fraction of sp³-hybridized carbons (Fsp3) is 0.263. The number of anilines is 2. The Kier molecular flexibility index (Phi) is 6.42. The molecule has 132 valence electrons. The van der Waals surface area contributed by atoms with Crippen LogP contribution >= 0.6 is 11.6 Å². The molecule has 5 nitrogen and oxygen atoms in total. The molecule has 0 aromatic heterocycles. The first-order chi connectivity index (χ1) is 11.9. The summed E-state index contributed by atoms with van der Waals surface area (Å²) in [5.74, 6) is 0.156. The minimum atomic E-state index is -0.174. The Hall–Kier alpha value is -2.53. The molecule has 25 heavy (non-hydrogen) atoms. The molecule has 2 amide bonds. The van der Waals surface area contributed by atoms with Crippen molar-refractivity contribution in [3.05, 3.63) is 53.1 Å². The van der Waals surface area contributed by atoms with Gasteiger partial charge < -0.3 is 15.0 Å². The van der Waals surface area contributed by atoms with Crippen molar-refractivity contribution in [2.45, 2.75) is 20.3 Å². The Morgan fingerprint density at radius 1 is 1.20 bits per heavy atom. The van der Waals surface area contributed by atoms with Crippen molar-refractivity contribution in [2.75, 3.05) is 23.9 Å². The molecule has 0 aliphatic carbocycles. The molecule has 2 aromatic carbocycles. The van der Waals surface area contributed by atoms with Gasteiger partial charge in [-0.05, 0) is 30.7 Å². The zero-order chi connectivity index (χ0) is 18.4. The molecule has 2 rings (SSSR count). The van der Waals surface area contributed by atoms with Crippen molar-refractivity contribution in [1.29, 1.82) is 0 Å². The largest absolute Gasteiger partial charge is 0.495 e. The van der Waals surface area contributed by atoms with Gasteiger partial charge in [-0.25, -0.2) is 0 Å². The zero-order valence-corrected chi connectivity index (χ0v) is 15.3. The highest BCUT2D eigenvalue weighted by Gasteiger charge is 2.19. The smallest absolute Gasteiger partial charge is 0.226 e. The number of hydrogen-bond acceptors (Lipinski definition) is 3. The highest BCUT2D eigenvalue weighted by atomic mass is 35.5. The molecule has 0 radical (unpaired) electrons. The van der Waals surface area contributed by atoms with E-state index in [-0.39, 0.29) is 24.8 Å². The van der Waals surface area contributed by atoms with Crippen LogP contribution in [-0.2, 0) is 9.59 Å². The van der Waals surface area contributed by atoms with E-state index in [1.165, 1.54) is 18.9 Å². The number of benzene rings is 2. The Labute approximate surface area is 152 Å². The monoisotopic (exact) mass is 360 g/mol. The quantitative estimate of drug-likeness (QED) is 0.845. The third kappa shape index (κ3) is 4.97. The maximum Gasteiger partial charge on any atom is 0.226 e. The van der Waals surface area contributed by atoms with Crippen LogP contribution in [0.1, 0.15) is 18.9 Å². The summed E-state index contributed by atoms with van der Waals surface area (Å²) in [6.45, 7) is 3.55. The molecule has 0 fully saturated rings. The highest BCUT2D eigenvalue weighted by molar-refractivity contribution is 6.31. The number of para-hydroxylation sites is 1. The second kappa shape index (κ2) is 8.53. The van der Waals surface area contributed by atoms with Crippen molar-refractivity contribution in [2.24, 2.45) is 0 Å². The van der Waals surface area contributed by atoms with Gasteiger partial charge in [0, 0.05) is 36.7 Å². The first kappa shape index (κ1) is 18.8. The molecule has 0 bridgehead atoms. The summed E-state index contributed by atoms with van der Waals surface area (Å²) >= 11 is 6.12. The maximum atomic E-state index is 12.1. The number of rotatable bonds is 6. The van der Waals surface area contributed by atoms with Crippen molar-refractivity contribution in [3.8, 4) is 5.75 Å². The third-order valence-corrected chi connectivity index (χ3v) is 4.16. The summed E-state index contributed by atoms with van der Waals surface area (Å²) in [4.78, 5) is 25.8. The van der Waals surface area contributed by atoms with Crippen molar-refractivity contribution in [1.82, 2.24) is 0 Å². The molecule has 0 unspecified atom stereocenters. The summed E-state index contributed by atoms with van der Waals surface area (Å²) in [5, 5.41) is 3.37. The molecule has 0 heterocycles. The van der Waals surface area contributed by atoms with E-state index >= 15 is 0 Å². The Morgan fingerprint density at radius 3 is 2.48 bits per heavy atom. The van der Waals surface area contributed by atoms with Crippen LogP contribution in [0.3, 0.4) is 0 Å². The molecule has 0 spiro atoms. The van der Waals surface area contributed by atoms with Gasteiger partial charge in [-0.1, -0.05) is 29.8 Å². The minimum Gasteiger partial charge on any atom is -0.495 e. The maximum absolute atomic E-state index is 12.1. The first-order valence-corrected chi connectivity index (χ1v) is 8.27. The van der Waals surface area contributed by atoms with Crippen LogP contribution in [0, 0.1) is 6.92 Å². The number of amides is 2. The predicted octanol–water partition coefficient (Wildman–Crippen LogP) is 4.04. The van der Waals surface area contributed by atoms with Gasteiger partial charge in [0.2, 0.25) is 11.8 Å². The van der Waals surface area contributed by atoms with E-state index in [0.717, 1.165) is 11.3 Å². The number of hydrogen-bond donors (Lipinski definition) is 1. The Bertz CT molecular complexity index is 763. The number of carbonyl (C=O) groups excluding carboxylic acids is 2. The van der Waals surface area contributed by atoms with Crippen molar-refractivity contribution in [3.63, 3.8) is 0 Å². The van der Waals surface area contributed by atoms with Gasteiger partial charge in [-0.3, -0.25) is 9.59 Å². The standard InChI is InChI=1S/C19H21ClN2O3/c1-13-11-17(18(25-3)12-16(13)20)22(14(2)23)10-9-19(24)21-15-7-5-4-6-8-15/h4-8,11-12H,9-10H2,1-3H3,(H,21,24). The van der Waals surface area contributed by atoms with Crippen LogP contribution < -0.4 is 15.0 Å². The van der Waals surface area contributed by atoms with Crippen LogP contribution in [-0.4, -0.2) is 25.5 Å². The number of nitrogens with one attached hydrogen (secondary N) is 1. The minimum absolute atomic E-state index is 0.165. The number of nitrogens with zero attached hydrogens (tertiary/aromatic N) is 1. The summed E-state index contributed by atoms with van der Waals surface area (Å²) in [7, 11) is 1.52. The molecular formula is C19H21ClN2O3. The lowest BCUT2D eigenvalue weighted by molar-refractivity contribution is -0.117. The van der Waals surface area contributed by atoms with E-state index in [1.54, 1.807) is 12.1 Å². The van der Waals surface area contributed by atoms with E-state index in [9.17, 15) is 9.59 Å². The number of aryl methyl sites for hydroxylation is 1. The van der Waals surface area contributed by atoms with E-state index < -0.39 is 0 Å². The fourth-order valence-corrected chi connectivity index (χ4v) is 2.58. The zero-order valence-electron chi connectivity index (χ0n) is 14.5. The lowest BCUT2D eigenvalue weighted by Gasteiger charge is -2.24. The van der Waals surface area contributed by atoms with Crippen LogP contribution in [0.15, 0.2) is 42.5 Å². The summed E-state index contributed by atoms with van der Waals surface area (Å²) in [6.07, 6.45) is 0.166. The van der Waals surface area contributed by atoms with Gasteiger partial charge in [-0.15, -0.1) is 0 Å². The van der Waals surface area contributed by atoms with Gasteiger partial charge in [0.1, 0.15) is 5.75 Å². The topological polar surface area (TPSA) is 58.6 Å². The number of halogens is 1. The fourth-order valence-electron chi connectivity index (χ4n) is 2.43. The normalized spacial score (nSPS) is 10.2. The average molecular weight is 361 g/mol. The molecule has 0 atom stereocenters. The second-order valence-corrected chi connectivity index (χ2v) is 6.02. The highest BCUT2D eigenvalue weighted by Crippen LogP contribution is 2.34. The Balaban J connectivity index is 2.13. The molecule has 0 aliphatic heterocycles. The van der Waals surface area contributed by atoms with E-state index in [2.05, 4.69) is 5.32 Å². The van der Waals surface area contributed by atoms with E-state index in [1.807, 2.05) is 37.3 Å². The first-order valence-electron chi connectivity index (χ1n) is 7.89. The van der Waals surface area contributed by atoms with Gasteiger partial charge in [-0.2, -0.15) is 0 Å². The molecule has 2 aromatic rings. The molecule has 0 saturated carbocycles. The van der Waals surface area contributed by atoms with Gasteiger partial charge in [0.25, 0.3) is 0 Å². The third-order valence-electron chi connectivity index (χ3n) is 3.75. The van der Waals surface area contributed by atoms with Crippen LogP contribution in [0.4, 0.5) is 11.4 Å². The Morgan fingerprint density at radius 2 is 1.88 bits per heavy atom. The molecule has 0 aliphatic rings. The number of carbonyl (C=O) groups is 2. The lowest BCUT2D eigenvalue weighted by Crippen LogP contribution is -2.32. The van der Waals surface area contributed by atoms with Gasteiger partial charge >= 0.3 is 0 Å². The average Bonchev–Trinajstić information content (AvgIpc) is 2.58. The van der Waals surface area contributed by atoms with Crippen LogP contribution in [0.5, 0.6) is 5.75 Å². The van der Waals surface area contributed by atoms with E-state index in [4.69, 9.17) is 16.3 Å². The summed E-state index contributed by atoms with van der Waals surface area (Å²) in [6, 6.07) is 12.7. The van der Waals surface area contributed by atoms with Gasteiger partial charge in [0.05, 0.1) is 12.8 Å². The molecule has 6 heteroatoms. The summed E-state index contributed by atoms with van der Waals surface area (Å²) < 4.78 is 5.34. The summed E-state index contributed by atoms with van der Waals surface area (Å²) in [5.41, 5.74) is 2.16. The van der Waals surface area contributed by atoms with Gasteiger partial charge in [0.15, 0.2) is 0 Å². The molecule has 1 N–H and O–H groups in total. The predicted molar refractivity (Wildman–Crippen MR) is 100 cm³/mol. The second-order valence-electron chi connectivity index (χ2n) is 5.61. The van der Waals surface area contributed by atoms with Crippen LogP contribution in [0.25, 0.3) is 0 Å². The molecular weight excluding hydrogens is 340 g/mol. The van der Waals surface area contributed by atoms with E-state index in [0.29, 0.717) is 16.5 Å².